The maximum atomic E-state index is 11.3. The van der Waals surface area contributed by atoms with Crippen molar-refractivity contribution in [3.05, 3.63) is 36.4 Å². The van der Waals surface area contributed by atoms with Crippen LogP contribution in [-0.4, -0.2) is 35.3 Å². The van der Waals surface area contributed by atoms with E-state index in [1.54, 1.807) is 12.1 Å². The van der Waals surface area contributed by atoms with E-state index in [-0.39, 0.29) is 10.7 Å². The first-order valence-corrected chi connectivity index (χ1v) is 6.82. The molecule has 0 saturated heterocycles. The molecule has 94 valence electrons. The van der Waals surface area contributed by atoms with Gasteiger partial charge in [0.05, 0.1) is 11.9 Å². The average Bonchev–Trinajstić information content (AvgIpc) is 2.78. The van der Waals surface area contributed by atoms with Crippen LogP contribution in [0.15, 0.2) is 35.6 Å². The number of rotatable bonds is 3. The lowest BCUT2D eigenvalue weighted by Gasteiger charge is -2.02. The van der Waals surface area contributed by atoms with Crippen LogP contribution in [-0.2, 0) is 9.84 Å². The Morgan fingerprint density at radius 3 is 2.78 bits per heavy atom. The molecule has 0 aliphatic rings. The lowest BCUT2D eigenvalue weighted by Crippen LogP contribution is -2.13. The van der Waals surface area contributed by atoms with Crippen molar-refractivity contribution in [2.24, 2.45) is 5.73 Å². The van der Waals surface area contributed by atoms with Gasteiger partial charge in [-0.2, -0.15) is 5.10 Å². The number of nitrogen functional groups attached to an aromatic ring is 1. The van der Waals surface area contributed by atoms with Crippen LogP contribution in [0.3, 0.4) is 0 Å². The molecule has 0 atom stereocenters. The molecule has 0 spiro atoms. The van der Waals surface area contributed by atoms with Gasteiger partial charge >= 0.3 is 0 Å². The van der Waals surface area contributed by atoms with Crippen molar-refractivity contribution in [1.82, 2.24) is 14.8 Å². The Morgan fingerprint density at radius 2 is 2.22 bits per heavy atom. The second-order valence-electron chi connectivity index (χ2n) is 3.71. The number of pyridine rings is 1. The predicted molar refractivity (Wildman–Crippen MR) is 65.5 cm³/mol. The van der Waals surface area contributed by atoms with E-state index in [1.165, 1.54) is 23.3 Å². The van der Waals surface area contributed by atoms with Gasteiger partial charge in [0.25, 0.3) is 0 Å². The summed E-state index contributed by atoms with van der Waals surface area (Å²) in [5, 5.41) is 11.2. The quantitative estimate of drug-likeness (QED) is 0.596. The molecule has 0 unspecified atom stereocenters. The van der Waals surface area contributed by atoms with Gasteiger partial charge in [0.2, 0.25) is 0 Å². The van der Waals surface area contributed by atoms with Crippen molar-refractivity contribution >= 4 is 15.7 Å². The zero-order valence-electron chi connectivity index (χ0n) is 9.53. The predicted octanol–water partition coefficient (Wildman–Crippen LogP) is -0.0451. The van der Waals surface area contributed by atoms with Crippen molar-refractivity contribution in [3.63, 3.8) is 0 Å². The van der Waals surface area contributed by atoms with Gasteiger partial charge in [-0.3, -0.25) is 10.4 Å². The van der Waals surface area contributed by atoms with E-state index in [0.29, 0.717) is 11.4 Å². The van der Waals surface area contributed by atoms with Crippen LogP contribution >= 0.6 is 0 Å². The van der Waals surface area contributed by atoms with E-state index in [1.807, 2.05) is 0 Å². The molecule has 2 rings (SSSR count). The summed E-state index contributed by atoms with van der Waals surface area (Å²) in [4.78, 5) is 4.04. The van der Waals surface area contributed by atoms with Crippen LogP contribution in [0.2, 0.25) is 0 Å². The van der Waals surface area contributed by atoms with Crippen LogP contribution in [0.25, 0.3) is 5.69 Å². The lowest BCUT2D eigenvalue weighted by atomic mass is 10.3. The summed E-state index contributed by atoms with van der Waals surface area (Å²) < 4.78 is 24.1. The molecule has 0 radical (unpaired) electrons. The van der Waals surface area contributed by atoms with E-state index in [4.69, 9.17) is 11.1 Å². The molecule has 0 aliphatic heterocycles. The fraction of sp³-hybridized carbons (Fsp3) is 0.100. The number of sulfone groups is 1. The third-order valence-electron chi connectivity index (χ3n) is 2.27. The monoisotopic (exact) mass is 265 g/mol. The van der Waals surface area contributed by atoms with Gasteiger partial charge < -0.3 is 5.73 Å². The highest BCUT2D eigenvalue weighted by Crippen LogP contribution is 2.12. The second kappa shape index (κ2) is 4.22. The molecule has 0 aliphatic carbocycles. The second-order valence-corrected chi connectivity index (χ2v) is 5.72. The van der Waals surface area contributed by atoms with Crippen LogP contribution in [0.4, 0.5) is 0 Å². The summed E-state index contributed by atoms with van der Waals surface area (Å²) in [5.41, 5.74) is 6.23. The minimum Gasteiger partial charge on any atom is -0.382 e. The Balaban J connectivity index is 2.46. The van der Waals surface area contributed by atoms with Crippen molar-refractivity contribution in [3.8, 4) is 5.69 Å². The molecule has 0 fully saturated rings. The third kappa shape index (κ3) is 2.38. The first-order chi connectivity index (χ1) is 8.38. The number of nitrogens with zero attached hydrogens (tertiary/aromatic N) is 3. The number of amidine groups is 1. The lowest BCUT2D eigenvalue weighted by molar-refractivity contribution is 0.602. The van der Waals surface area contributed by atoms with Gasteiger partial charge in [0, 0.05) is 18.6 Å². The average molecular weight is 265 g/mol. The Labute approximate surface area is 104 Å². The number of nitrogens with two attached hydrogens (primary N) is 1. The molecule has 7 nitrogen and oxygen atoms in total. The van der Waals surface area contributed by atoms with Gasteiger partial charge in [0.15, 0.2) is 9.84 Å². The minimum absolute atomic E-state index is 0.128. The zero-order valence-corrected chi connectivity index (χ0v) is 10.3. The molecule has 0 bridgehead atoms. The Hall–Kier alpha value is -2.22. The summed E-state index contributed by atoms with van der Waals surface area (Å²) in [5.74, 6) is -0.160. The maximum absolute atomic E-state index is 11.3. The first-order valence-electron chi connectivity index (χ1n) is 4.93. The highest BCUT2D eigenvalue weighted by Gasteiger charge is 2.11. The van der Waals surface area contributed by atoms with Gasteiger partial charge in [-0.1, -0.05) is 0 Å². The molecule has 2 aromatic rings. The molecular weight excluding hydrogens is 254 g/mol. The van der Waals surface area contributed by atoms with E-state index in [0.717, 1.165) is 6.26 Å². The number of nitrogens with one attached hydrogen (secondary N) is 1. The molecule has 2 aromatic heterocycles. The van der Waals surface area contributed by atoms with E-state index in [9.17, 15) is 8.42 Å². The summed E-state index contributed by atoms with van der Waals surface area (Å²) in [6.07, 6.45) is 5.26. The van der Waals surface area contributed by atoms with Crippen LogP contribution < -0.4 is 5.73 Å². The molecule has 0 saturated carbocycles. The highest BCUT2D eigenvalue weighted by molar-refractivity contribution is 7.90. The molecule has 0 amide bonds. The maximum Gasteiger partial charge on any atom is 0.178 e. The summed E-state index contributed by atoms with van der Waals surface area (Å²) in [6, 6.07) is 3.20. The van der Waals surface area contributed by atoms with Gasteiger partial charge in [-0.05, 0) is 12.1 Å². The Morgan fingerprint density at radius 1 is 1.50 bits per heavy atom. The fourth-order valence-corrected chi connectivity index (χ4v) is 1.88. The van der Waals surface area contributed by atoms with Gasteiger partial charge in [-0.15, -0.1) is 0 Å². The Kier molecular flexibility index (Phi) is 2.87. The van der Waals surface area contributed by atoms with E-state index in [2.05, 4.69) is 10.1 Å². The standard InChI is InChI=1S/C10H11N5O2S/c1-18(16,17)8-5-14-15(6-8)7-2-3-13-9(4-7)10(11)12/h2-6H,1H3,(H3,11,12). The number of hydrogen-bond acceptors (Lipinski definition) is 5. The molecule has 3 N–H and O–H groups in total. The molecule has 0 aromatic carbocycles. The zero-order chi connectivity index (χ0) is 13.3. The van der Waals surface area contributed by atoms with Crippen molar-refractivity contribution in [1.29, 1.82) is 5.41 Å². The van der Waals surface area contributed by atoms with Crippen molar-refractivity contribution in [2.45, 2.75) is 4.90 Å². The highest BCUT2D eigenvalue weighted by atomic mass is 32.2. The fourth-order valence-electron chi connectivity index (χ4n) is 1.35. The number of hydrogen-bond donors (Lipinski definition) is 2. The van der Waals surface area contributed by atoms with Gasteiger partial charge in [0.1, 0.15) is 16.4 Å². The molecule has 2 heterocycles. The Bertz CT molecular complexity index is 705. The topological polar surface area (TPSA) is 115 Å². The van der Waals surface area contributed by atoms with Crippen molar-refractivity contribution in [2.75, 3.05) is 6.26 Å². The molecule has 18 heavy (non-hydrogen) atoms. The molecule has 8 heteroatoms. The van der Waals surface area contributed by atoms with Crippen LogP contribution in [0, 0.1) is 5.41 Å². The van der Waals surface area contributed by atoms with E-state index >= 15 is 0 Å². The minimum atomic E-state index is -3.28. The van der Waals surface area contributed by atoms with Crippen LogP contribution in [0.5, 0.6) is 0 Å². The SMILES string of the molecule is CS(=O)(=O)c1cnn(-c2ccnc(C(=N)N)c2)c1. The largest absolute Gasteiger partial charge is 0.382 e. The first kappa shape index (κ1) is 12.2. The van der Waals surface area contributed by atoms with Crippen LogP contribution in [0.1, 0.15) is 5.69 Å². The van der Waals surface area contributed by atoms with Gasteiger partial charge in [-0.25, -0.2) is 13.1 Å². The summed E-state index contributed by atoms with van der Waals surface area (Å²) >= 11 is 0. The summed E-state index contributed by atoms with van der Waals surface area (Å²) in [7, 11) is -3.28. The third-order valence-corrected chi connectivity index (χ3v) is 3.34. The van der Waals surface area contributed by atoms with Crippen molar-refractivity contribution < 1.29 is 8.42 Å². The number of aromatic nitrogens is 3. The summed E-state index contributed by atoms with van der Waals surface area (Å²) in [6.45, 7) is 0. The molecular formula is C10H11N5O2S. The normalized spacial score (nSPS) is 11.4. The van der Waals surface area contributed by atoms with E-state index < -0.39 is 9.84 Å². The smallest absolute Gasteiger partial charge is 0.178 e.